The number of hydrogen-bond donors (Lipinski definition) is 0. The van der Waals surface area contributed by atoms with Gasteiger partial charge in [0.1, 0.15) is 5.03 Å². The number of anilines is 1. The minimum absolute atomic E-state index is 0.119. The molecule has 4 rings (SSSR count). The first kappa shape index (κ1) is 23.7. The van der Waals surface area contributed by atoms with Crippen molar-refractivity contribution in [2.45, 2.75) is 5.03 Å². The van der Waals surface area contributed by atoms with E-state index in [1.54, 1.807) is 21.3 Å². The summed E-state index contributed by atoms with van der Waals surface area (Å²) in [6, 6.07) is 17.7. The molecule has 0 saturated carbocycles. The van der Waals surface area contributed by atoms with Gasteiger partial charge in [-0.3, -0.25) is 4.79 Å². The summed E-state index contributed by atoms with van der Waals surface area (Å²) in [6.45, 7) is 3.12. The van der Waals surface area contributed by atoms with E-state index < -0.39 is 0 Å². The molecule has 0 bridgehead atoms. The molecule has 1 aliphatic rings. The Balaban J connectivity index is 1.33. The monoisotopic (exact) mass is 480 g/mol. The number of rotatable bonds is 8. The first-order chi connectivity index (χ1) is 16.6. The maximum atomic E-state index is 12.7. The number of benzene rings is 2. The molecule has 0 spiro atoms. The molecule has 0 unspecified atom stereocenters. The summed E-state index contributed by atoms with van der Waals surface area (Å²) in [4.78, 5) is 16.9. The number of hydrogen-bond acceptors (Lipinski definition) is 8. The minimum atomic E-state index is 0.119. The molecule has 2 aromatic carbocycles. The molecule has 1 aliphatic heterocycles. The second-order valence-electron chi connectivity index (χ2n) is 7.66. The van der Waals surface area contributed by atoms with Crippen LogP contribution >= 0.6 is 11.8 Å². The summed E-state index contributed by atoms with van der Waals surface area (Å²) in [5.41, 5.74) is 2.67. The fourth-order valence-electron chi connectivity index (χ4n) is 3.86. The van der Waals surface area contributed by atoms with Gasteiger partial charge in [-0.25, -0.2) is 0 Å². The number of methoxy groups -OCH3 is 3. The number of nitrogens with zero attached hydrogens (tertiary/aromatic N) is 4. The van der Waals surface area contributed by atoms with Crippen LogP contribution in [0.25, 0.3) is 11.3 Å². The van der Waals surface area contributed by atoms with Gasteiger partial charge in [0.15, 0.2) is 11.5 Å². The van der Waals surface area contributed by atoms with Crippen LogP contribution in [0, 0.1) is 0 Å². The number of piperazine rings is 1. The zero-order chi connectivity index (χ0) is 23.9. The van der Waals surface area contributed by atoms with Crippen molar-refractivity contribution in [1.82, 2.24) is 15.1 Å². The molecule has 3 aromatic rings. The van der Waals surface area contributed by atoms with Crippen LogP contribution in [0.1, 0.15) is 0 Å². The number of ether oxygens (including phenoxy) is 3. The smallest absolute Gasteiger partial charge is 0.233 e. The average Bonchev–Trinajstić information content (AvgIpc) is 2.91. The highest BCUT2D eigenvalue weighted by molar-refractivity contribution is 7.99. The lowest BCUT2D eigenvalue weighted by Gasteiger charge is -2.36. The van der Waals surface area contributed by atoms with Crippen molar-refractivity contribution in [2.24, 2.45) is 0 Å². The highest BCUT2D eigenvalue weighted by Gasteiger charge is 2.21. The van der Waals surface area contributed by atoms with Crippen LogP contribution in [0.2, 0.25) is 0 Å². The molecule has 34 heavy (non-hydrogen) atoms. The highest BCUT2D eigenvalue weighted by Crippen LogP contribution is 2.40. The molecule has 9 heteroatoms. The van der Waals surface area contributed by atoms with Crippen molar-refractivity contribution in [3.8, 4) is 28.5 Å². The Morgan fingerprint density at radius 1 is 0.882 bits per heavy atom. The van der Waals surface area contributed by atoms with Crippen molar-refractivity contribution in [3.05, 3.63) is 54.6 Å². The normalized spacial score (nSPS) is 13.5. The molecule has 0 atom stereocenters. The number of amides is 1. The average molecular weight is 481 g/mol. The third-order valence-corrected chi connectivity index (χ3v) is 6.60. The highest BCUT2D eigenvalue weighted by atomic mass is 32.2. The van der Waals surface area contributed by atoms with E-state index >= 15 is 0 Å². The zero-order valence-electron chi connectivity index (χ0n) is 19.6. The lowest BCUT2D eigenvalue weighted by molar-refractivity contribution is -0.128. The van der Waals surface area contributed by atoms with E-state index in [-0.39, 0.29) is 5.91 Å². The summed E-state index contributed by atoms with van der Waals surface area (Å²) in [5, 5.41) is 9.33. The van der Waals surface area contributed by atoms with E-state index in [9.17, 15) is 4.79 Å². The molecule has 178 valence electrons. The van der Waals surface area contributed by atoms with Crippen molar-refractivity contribution in [3.63, 3.8) is 0 Å². The van der Waals surface area contributed by atoms with Gasteiger partial charge in [0.25, 0.3) is 0 Å². The zero-order valence-corrected chi connectivity index (χ0v) is 20.4. The summed E-state index contributed by atoms with van der Waals surface area (Å²) < 4.78 is 16.2. The second-order valence-corrected chi connectivity index (χ2v) is 8.66. The maximum absolute atomic E-state index is 12.7. The lowest BCUT2D eigenvalue weighted by Crippen LogP contribution is -2.49. The fraction of sp³-hybridized carbons (Fsp3) is 0.320. The Bertz CT molecular complexity index is 1080. The Morgan fingerprint density at radius 3 is 2.12 bits per heavy atom. The summed E-state index contributed by atoms with van der Waals surface area (Å²) in [6.07, 6.45) is 0. The van der Waals surface area contributed by atoms with Crippen LogP contribution < -0.4 is 19.1 Å². The number of para-hydroxylation sites is 1. The van der Waals surface area contributed by atoms with Gasteiger partial charge in [-0.05, 0) is 36.4 Å². The first-order valence-electron chi connectivity index (χ1n) is 11.0. The van der Waals surface area contributed by atoms with Crippen LogP contribution in [-0.2, 0) is 4.79 Å². The Labute approximate surface area is 203 Å². The van der Waals surface area contributed by atoms with Gasteiger partial charge in [-0.15, -0.1) is 10.2 Å². The molecule has 1 saturated heterocycles. The summed E-state index contributed by atoms with van der Waals surface area (Å²) in [5.74, 6) is 2.08. The van der Waals surface area contributed by atoms with Gasteiger partial charge >= 0.3 is 0 Å². The predicted molar refractivity (Wildman–Crippen MR) is 133 cm³/mol. The number of aromatic nitrogens is 2. The van der Waals surface area contributed by atoms with Crippen LogP contribution in [0.4, 0.5) is 5.69 Å². The van der Waals surface area contributed by atoms with Crippen molar-refractivity contribution in [1.29, 1.82) is 0 Å². The Morgan fingerprint density at radius 2 is 1.56 bits per heavy atom. The van der Waals surface area contributed by atoms with Gasteiger partial charge in [0, 0.05) is 37.4 Å². The Hall–Kier alpha value is -3.46. The third kappa shape index (κ3) is 5.36. The standard InChI is InChI=1S/C25H28N4O4S/c1-31-21-15-18(16-22(32-2)25(21)33-3)20-9-10-23(27-26-20)34-17-24(30)29-13-11-28(12-14-29)19-7-5-4-6-8-19/h4-10,15-16H,11-14,17H2,1-3H3. The lowest BCUT2D eigenvalue weighted by atomic mass is 10.1. The number of carbonyl (C=O) groups is 1. The maximum Gasteiger partial charge on any atom is 0.233 e. The topological polar surface area (TPSA) is 77.0 Å². The largest absolute Gasteiger partial charge is 0.493 e. The molecule has 0 N–H and O–H groups in total. The molecule has 0 radical (unpaired) electrons. The van der Waals surface area contributed by atoms with E-state index in [4.69, 9.17) is 14.2 Å². The molecular formula is C25H28N4O4S. The van der Waals surface area contributed by atoms with Crippen molar-refractivity contribution < 1.29 is 19.0 Å². The Kier molecular flexibility index (Phi) is 7.74. The van der Waals surface area contributed by atoms with Gasteiger partial charge < -0.3 is 24.0 Å². The molecule has 0 aliphatic carbocycles. The number of carbonyl (C=O) groups excluding carboxylic acids is 1. The van der Waals surface area contributed by atoms with E-state index in [0.717, 1.165) is 31.7 Å². The summed E-state index contributed by atoms with van der Waals surface area (Å²) >= 11 is 1.40. The van der Waals surface area contributed by atoms with Crippen molar-refractivity contribution in [2.75, 3.05) is 58.2 Å². The summed E-state index contributed by atoms with van der Waals surface area (Å²) in [7, 11) is 4.71. The molecular weight excluding hydrogens is 452 g/mol. The van der Waals surface area contributed by atoms with Crippen molar-refractivity contribution >= 4 is 23.4 Å². The molecule has 1 fully saturated rings. The molecule has 8 nitrogen and oxygen atoms in total. The fourth-order valence-corrected chi connectivity index (χ4v) is 4.58. The minimum Gasteiger partial charge on any atom is -0.493 e. The SMILES string of the molecule is COc1cc(-c2ccc(SCC(=O)N3CCN(c4ccccc4)CC3)nn2)cc(OC)c1OC. The van der Waals surface area contributed by atoms with Crippen LogP contribution in [0.5, 0.6) is 17.2 Å². The van der Waals surface area contributed by atoms with E-state index in [1.165, 1.54) is 17.4 Å². The quantitative estimate of drug-likeness (QED) is 0.453. The number of thioether (sulfide) groups is 1. The molecule has 1 aromatic heterocycles. The second kappa shape index (κ2) is 11.1. The first-order valence-corrected chi connectivity index (χ1v) is 12.0. The molecule has 2 heterocycles. The van der Waals surface area contributed by atoms with E-state index in [0.29, 0.717) is 33.7 Å². The van der Waals surface area contributed by atoms with Gasteiger partial charge in [-0.2, -0.15) is 0 Å². The molecule has 1 amide bonds. The predicted octanol–water partition coefficient (Wildman–Crippen LogP) is 3.61. The third-order valence-electron chi connectivity index (χ3n) is 5.70. The van der Waals surface area contributed by atoms with Crippen LogP contribution in [0.3, 0.4) is 0 Å². The van der Waals surface area contributed by atoms with Gasteiger partial charge in [-0.1, -0.05) is 30.0 Å². The van der Waals surface area contributed by atoms with Crippen LogP contribution in [0.15, 0.2) is 59.6 Å². The van der Waals surface area contributed by atoms with E-state index in [2.05, 4.69) is 27.2 Å². The van der Waals surface area contributed by atoms with Gasteiger partial charge in [0.05, 0.1) is 32.8 Å². The van der Waals surface area contributed by atoms with Crippen LogP contribution in [-0.4, -0.2) is 74.3 Å². The van der Waals surface area contributed by atoms with Gasteiger partial charge in [0.2, 0.25) is 11.7 Å². The van der Waals surface area contributed by atoms with E-state index in [1.807, 2.05) is 47.4 Å².